The lowest BCUT2D eigenvalue weighted by atomic mass is 10.2. The molecule has 5 nitrogen and oxygen atoms in total. The Morgan fingerprint density at radius 1 is 1.22 bits per heavy atom. The smallest absolute Gasteiger partial charge is 0.341 e. The van der Waals surface area contributed by atoms with Crippen molar-refractivity contribution in [2.45, 2.75) is 6.92 Å². The first kappa shape index (κ1) is 22.0. The van der Waals surface area contributed by atoms with Crippen LogP contribution in [0.4, 0.5) is 5.69 Å². The molecule has 0 spiro atoms. The maximum atomic E-state index is 12.2. The summed E-state index contributed by atoms with van der Waals surface area (Å²) in [4.78, 5) is 24.2. The normalized spacial score (nSPS) is 12.4. The van der Waals surface area contributed by atoms with Crippen LogP contribution < -0.4 is 10.9 Å². The third-order valence-corrected chi connectivity index (χ3v) is 3.58. The quantitative estimate of drug-likeness (QED) is 0.502. The SMILES string of the molecule is C=C\C=C/C=C\C=C(Cl)/C(=C\C=C)Nc1cc(=O)n(C)cc1C(=O)OCC. The summed E-state index contributed by atoms with van der Waals surface area (Å²) in [6.07, 6.45) is 15.1. The summed E-state index contributed by atoms with van der Waals surface area (Å²) in [7, 11) is 1.56. The highest BCUT2D eigenvalue weighted by atomic mass is 35.5. The van der Waals surface area contributed by atoms with Gasteiger partial charge in [-0.05, 0) is 19.1 Å². The number of esters is 1. The fourth-order valence-corrected chi connectivity index (χ4v) is 2.17. The molecule has 27 heavy (non-hydrogen) atoms. The minimum Gasteiger partial charge on any atom is -0.462 e. The summed E-state index contributed by atoms with van der Waals surface area (Å²) in [6, 6.07) is 1.32. The van der Waals surface area contributed by atoms with E-state index in [4.69, 9.17) is 16.3 Å². The van der Waals surface area contributed by atoms with E-state index in [1.165, 1.54) is 16.8 Å². The number of hydrogen-bond acceptors (Lipinski definition) is 4. The number of aryl methyl sites for hydroxylation is 1. The number of rotatable bonds is 9. The van der Waals surface area contributed by atoms with Gasteiger partial charge in [0.1, 0.15) is 0 Å². The van der Waals surface area contributed by atoms with Gasteiger partial charge in [-0.2, -0.15) is 0 Å². The van der Waals surface area contributed by atoms with Crippen LogP contribution in [0.15, 0.2) is 89.6 Å². The molecule has 0 saturated heterocycles. The molecule has 0 radical (unpaired) electrons. The van der Waals surface area contributed by atoms with Crippen LogP contribution in [0, 0.1) is 0 Å². The van der Waals surface area contributed by atoms with Crippen molar-refractivity contribution in [3.05, 3.63) is 101 Å². The molecule has 0 bridgehead atoms. The fourth-order valence-electron chi connectivity index (χ4n) is 1.99. The van der Waals surface area contributed by atoms with Gasteiger partial charge in [-0.15, -0.1) is 0 Å². The fraction of sp³-hybridized carbons (Fsp3) is 0.143. The van der Waals surface area contributed by atoms with Crippen molar-refractivity contribution in [3.63, 3.8) is 0 Å². The van der Waals surface area contributed by atoms with Crippen LogP contribution in [0.3, 0.4) is 0 Å². The van der Waals surface area contributed by atoms with Gasteiger partial charge in [-0.3, -0.25) is 4.79 Å². The largest absolute Gasteiger partial charge is 0.462 e. The summed E-state index contributed by atoms with van der Waals surface area (Å²) >= 11 is 6.34. The van der Waals surface area contributed by atoms with Crippen LogP contribution in [0.2, 0.25) is 0 Å². The lowest BCUT2D eigenvalue weighted by Crippen LogP contribution is -2.20. The van der Waals surface area contributed by atoms with E-state index in [0.717, 1.165) is 0 Å². The van der Waals surface area contributed by atoms with Gasteiger partial charge in [-0.25, -0.2) is 4.79 Å². The van der Waals surface area contributed by atoms with Gasteiger partial charge in [0.25, 0.3) is 5.56 Å². The molecule has 0 aliphatic carbocycles. The minimum atomic E-state index is -0.539. The van der Waals surface area contributed by atoms with E-state index >= 15 is 0 Å². The molecule has 1 rings (SSSR count). The van der Waals surface area contributed by atoms with Gasteiger partial charge in [0.15, 0.2) is 0 Å². The Morgan fingerprint density at radius 3 is 2.56 bits per heavy atom. The van der Waals surface area contributed by atoms with E-state index in [2.05, 4.69) is 18.5 Å². The van der Waals surface area contributed by atoms with Crippen molar-refractivity contribution >= 4 is 23.3 Å². The average Bonchev–Trinajstić information content (AvgIpc) is 2.63. The molecular formula is C21H23ClN2O3. The summed E-state index contributed by atoms with van der Waals surface area (Å²) in [5.74, 6) is -0.539. The van der Waals surface area contributed by atoms with Gasteiger partial charge in [0.2, 0.25) is 0 Å². The number of anilines is 1. The van der Waals surface area contributed by atoms with Crippen LogP contribution in [0.25, 0.3) is 0 Å². The first-order valence-corrected chi connectivity index (χ1v) is 8.61. The van der Waals surface area contributed by atoms with Gasteiger partial charge in [0.05, 0.1) is 28.6 Å². The predicted molar refractivity (Wildman–Crippen MR) is 112 cm³/mol. The number of pyridine rings is 1. The lowest BCUT2D eigenvalue weighted by Gasteiger charge is -2.14. The third-order valence-electron chi connectivity index (χ3n) is 3.25. The van der Waals surface area contributed by atoms with Gasteiger partial charge < -0.3 is 14.6 Å². The topological polar surface area (TPSA) is 60.3 Å². The highest BCUT2D eigenvalue weighted by Gasteiger charge is 2.16. The molecule has 0 unspecified atom stereocenters. The zero-order valence-corrected chi connectivity index (χ0v) is 16.2. The lowest BCUT2D eigenvalue weighted by molar-refractivity contribution is 0.0526. The Hall–Kier alpha value is -3.05. The molecule has 142 valence electrons. The Bertz CT molecular complexity index is 874. The summed E-state index contributed by atoms with van der Waals surface area (Å²) in [6.45, 7) is 9.18. The average molecular weight is 387 g/mol. The van der Waals surface area contributed by atoms with Crippen LogP contribution in [-0.4, -0.2) is 17.1 Å². The minimum absolute atomic E-state index is 0.222. The molecule has 0 saturated carbocycles. The van der Waals surface area contributed by atoms with Crippen molar-refractivity contribution in [2.75, 3.05) is 11.9 Å². The zero-order valence-electron chi connectivity index (χ0n) is 15.4. The van der Waals surface area contributed by atoms with Crippen LogP contribution in [0.5, 0.6) is 0 Å². The standard InChI is InChI=1S/C21H23ClN2O3/c1-5-8-9-10-11-13-17(22)18(12-6-2)23-19-14-20(25)24(4)15-16(19)21(26)27-7-3/h5-6,8-15,23H,1-2,7H2,3-4H3/b9-8-,11-10-,17-13+,18-12+. The number of carbonyl (C=O) groups excluding carboxylic acids is 1. The Morgan fingerprint density at radius 2 is 1.93 bits per heavy atom. The number of ether oxygens (including phenoxy) is 1. The molecule has 0 aliphatic heterocycles. The number of nitrogens with one attached hydrogen (secondary N) is 1. The van der Waals surface area contributed by atoms with E-state index in [-0.39, 0.29) is 17.7 Å². The van der Waals surface area contributed by atoms with Crippen molar-refractivity contribution in [3.8, 4) is 0 Å². The van der Waals surface area contributed by atoms with Crippen molar-refractivity contribution in [1.82, 2.24) is 4.57 Å². The molecule has 0 fully saturated rings. The van der Waals surface area contributed by atoms with Gasteiger partial charge in [-0.1, -0.05) is 61.2 Å². The van der Waals surface area contributed by atoms with E-state index in [1.807, 2.05) is 0 Å². The Labute approximate surface area is 164 Å². The van der Waals surface area contributed by atoms with Crippen molar-refractivity contribution < 1.29 is 9.53 Å². The zero-order chi connectivity index (χ0) is 20.2. The maximum Gasteiger partial charge on any atom is 0.341 e. The molecule has 1 aromatic rings. The van der Waals surface area contributed by atoms with E-state index in [1.54, 1.807) is 62.6 Å². The summed E-state index contributed by atoms with van der Waals surface area (Å²) in [5, 5.41) is 3.38. The van der Waals surface area contributed by atoms with E-state index in [0.29, 0.717) is 16.4 Å². The Kier molecular flexibility index (Phi) is 9.40. The second-order valence-corrected chi connectivity index (χ2v) is 5.64. The summed E-state index contributed by atoms with van der Waals surface area (Å²) < 4.78 is 6.37. The van der Waals surface area contributed by atoms with Crippen LogP contribution in [-0.2, 0) is 11.8 Å². The second-order valence-electron chi connectivity index (χ2n) is 5.23. The van der Waals surface area contributed by atoms with Gasteiger partial charge in [0, 0.05) is 19.3 Å². The second kappa shape index (κ2) is 11.5. The van der Waals surface area contributed by atoms with Crippen molar-refractivity contribution in [1.29, 1.82) is 0 Å². The number of carbonyl (C=O) groups is 1. The number of aromatic nitrogens is 1. The predicted octanol–water partition coefficient (Wildman–Crippen LogP) is 4.46. The monoisotopic (exact) mass is 386 g/mol. The molecule has 1 N–H and O–H groups in total. The summed E-state index contributed by atoms with van der Waals surface area (Å²) in [5.41, 5.74) is 0.718. The van der Waals surface area contributed by atoms with Crippen molar-refractivity contribution in [2.24, 2.45) is 7.05 Å². The number of allylic oxidation sites excluding steroid dienone is 9. The van der Waals surface area contributed by atoms with E-state index < -0.39 is 5.97 Å². The first-order chi connectivity index (χ1) is 12.9. The van der Waals surface area contributed by atoms with E-state index in [9.17, 15) is 9.59 Å². The third kappa shape index (κ3) is 6.99. The first-order valence-electron chi connectivity index (χ1n) is 8.24. The maximum absolute atomic E-state index is 12.2. The molecule has 0 atom stereocenters. The molecule has 1 aromatic heterocycles. The van der Waals surface area contributed by atoms with Crippen LogP contribution in [0.1, 0.15) is 17.3 Å². The molecular weight excluding hydrogens is 364 g/mol. The highest BCUT2D eigenvalue weighted by Crippen LogP contribution is 2.22. The van der Waals surface area contributed by atoms with Crippen LogP contribution >= 0.6 is 11.6 Å². The Balaban J connectivity index is 3.25. The number of nitrogens with zero attached hydrogens (tertiary/aromatic N) is 1. The molecule has 0 aliphatic rings. The molecule has 6 heteroatoms. The van der Waals surface area contributed by atoms with Gasteiger partial charge >= 0.3 is 5.97 Å². The molecule has 1 heterocycles. The molecule has 0 aromatic carbocycles. The number of hydrogen-bond donors (Lipinski definition) is 1. The molecule has 0 amide bonds. The highest BCUT2D eigenvalue weighted by molar-refractivity contribution is 6.32. The number of halogens is 1.